The van der Waals surface area contributed by atoms with E-state index >= 15 is 0 Å². The normalized spacial score (nSPS) is 14.5. The molecule has 2 rings (SSSR count). The van der Waals surface area contributed by atoms with Gasteiger partial charge in [-0.2, -0.15) is 0 Å². The summed E-state index contributed by atoms with van der Waals surface area (Å²) in [7, 11) is 0. The molecule has 0 aromatic rings. The predicted molar refractivity (Wildman–Crippen MR) is 117 cm³/mol. The molecular weight excluding hydrogens is 461 g/mol. The van der Waals surface area contributed by atoms with Crippen LogP contribution in [0.3, 0.4) is 0 Å². The summed E-state index contributed by atoms with van der Waals surface area (Å²) in [6.07, 6.45) is 0.853. The molecule has 0 atom stereocenters. The molecule has 0 aromatic heterocycles. The van der Waals surface area contributed by atoms with Gasteiger partial charge in [0.25, 0.3) is 0 Å². The number of amides is 2. The van der Waals surface area contributed by atoms with Crippen molar-refractivity contribution in [3.63, 3.8) is 0 Å². The second-order valence-corrected chi connectivity index (χ2v) is 8.36. The summed E-state index contributed by atoms with van der Waals surface area (Å²) in [6, 6.07) is 0. The standard InChI is InChI=1S/C10H18O5.C5H9NO.C4H8N2O.CO.CH3.K/c1-9(2,3)14-7(11)13-8(12)15-10(4,5)6;7-5-3-1-2-4-6-5;7-4-3-5-1-2-6-4;1-2;;/h1-6H3;1-4H2,(H,6,7);5H,1-3H2,(H,6,7);;1H3;/q;;;;-1;+1. The van der Waals surface area contributed by atoms with Gasteiger partial charge >= 0.3 is 75.0 Å². The maximum Gasteiger partial charge on any atom is 1.00 e. The minimum absolute atomic E-state index is 0. The van der Waals surface area contributed by atoms with Gasteiger partial charge in [0.2, 0.25) is 11.8 Å². The van der Waals surface area contributed by atoms with Crippen LogP contribution in [0, 0.1) is 14.1 Å². The molecule has 2 aliphatic heterocycles. The third-order valence-electron chi connectivity index (χ3n) is 3.01. The van der Waals surface area contributed by atoms with E-state index in [1.54, 1.807) is 41.5 Å². The fourth-order valence-corrected chi connectivity index (χ4v) is 1.89. The molecular formula is C21H38KN3O8. The molecule has 2 saturated heterocycles. The summed E-state index contributed by atoms with van der Waals surface area (Å²) in [6.45, 7) is 17.6. The Bertz CT molecular complexity index is 535. The number of carbonyl (C=O) groups is 4. The molecule has 186 valence electrons. The van der Waals surface area contributed by atoms with E-state index < -0.39 is 23.5 Å². The van der Waals surface area contributed by atoms with Crippen molar-refractivity contribution >= 4 is 24.1 Å². The van der Waals surface area contributed by atoms with Crippen LogP contribution in [-0.4, -0.2) is 61.5 Å². The molecule has 2 amide bonds. The van der Waals surface area contributed by atoms with Crippen molar-refractivity contribution in [3.05, 3.63) is 14.1 Å². The number of hydrogen-bond acceptors (Lipinski definition) is 8. The van der Waals surface area contributed by atoms with Crippen molar-refractivity contribution in [2.75, 3.05) is 26.2 Å². The molecule has 0 unspecified atom stereocenters. The predicted octanol–water partition coefficient (Wildman–Crippen LogP) is -0.718. The second kappa shape index (κ2) is 21.5. The van der Waals surface area contributed by atoms with E-state index in [1.807, 2.05) is 0 Å². The quantitative estimate of drug-likeness (QED) is 0.130. The topological polar surface area (TPSA) is 152 Å². The molecule has 0 aliphatic carbocycles. The first-order valence-corrected chi connectivity index (χ1v) is 9.87. The van der Waals surface area contributed by atoms with Gasteiger partial charge in [-0.1, -0.05) is 0 Å². The Morgan fingerprint density at radius 2 is 1.27 bits per heavy atom. The zero-order valence-corrected chi connectivity index (χ0v) is 24.3. The molecule has 2 heterocycles. The van der Waals surface area contributed by atoms with Gasteiger partial charge in [-0.15, -0.1) is 0 Å². The van der Waals surface area contributed by atoms with E-state index in [1.165, 1.54) is 0 Å². The van der Waals surface area contributed by atoms with Gasteiger partial charge in [0.15, 0.2) is 0 Å². The molecule has 33 heavy (non-hydrogen) atoms. The van der Waals surface area contributed by atoms with Gasteiger partial charge < -0.3 is 37.6 Å². The summed E-state index contributed by atoms with van der Waals surface area (Å²) in [5.74, 6) is 0.317. The minimum Gasteiger partial charge on any atom is -0.358 e. The van der Waals surface area contributed by atoms with Crippen LogP contribution in [0.4, 0.5) is 9.59 Å². The van der Waals surface area contributed by atoms with Crippen molar-refractivity contribution < 1.29 is 89.4 Å². The maximum atomic E-state index is 11.0. The van der Waals surface area contributed by atoms with E-state index in [0.29, 0.717) is 6.54 Å². The Kier molecular flexibility index (Phi) is 25.6. The van der Waals surface area contributed by atoms with Crippen LogP contribution in [-0.2, 0) is 28.5 Å². The minimum atomic E-state index is -1.06. The van der Waals surface area contributed by atoms with Crippen LogP contribution >= 0.6 is 0 Å². The largest absolute Gasteiger partial charge is 1.00 e. The van der Waals surface area contributed by atoms with Gasteiger partial charge in [-0.05, 0) is 54.4 Å². The average molecular weight is 500 g/mol. The van der Waals surface area contributed by atoms with Gasteiger partial charge in [-0.3, -0.25) is 9.59 Å². The zero-order chi connectivity index (χ0) is 24.5. The van der Waals surface area contributed by atoms with Crippen LogP contribution in [0.1, 0.15) is 60.8 Å². The monoisotopic (exact) mass is 499 g/mol. The molecule has 12 heteroatoms. The zero-order valence-electron chi connectivity index (χ0n) is 21.2. The molecule has 0 radical (unpaired) electrons. The van der Waals surface area contributed by atoms with Crippen molar-refractivity contribution in [2.45, 2.75) is 72.0 Å². The third-order valence-corrected chi connectivity index (χ3v) is 3.01. The molecule has 0 spiro atoms. The van der Waals surface area contributed by atoms with E-state index in [9.17, 15) is 19.2 Å². The summed E-state index contributed by atoms with van der Waals surface area (Å²) in [5, 5.41) is 8.35. The molecule has 0 bridgehead atoms. The maximum absolute atomic E-state index is 11.0. The van der Waals surface area contributed by atoms with E-state index in [0.717, 1.165) is 38.9 Å². The van der Waals surface area contributed by atoms with Crippen LogP contribution in [0.2, 0.25) is 0 Å². The molecule has 11 nitrogen and oxygen atoms in total. The molecule has 0 saturated carbocycles. The van der Waals surface area contributed by atoms with Crippen molar-refractivity contribution in [1.82, 2.24) is 16.0 Å². The smallest absolute Gasteiger partial charge is 0.358 e. The van der Waals surface area contributed by atoms with E-state index in [4.69, 9.17) is 14.1 Å². The fourth-order valence-electron chi connectivity index (χ4n) is 1.89. The summed E-state index contributed by atoms with van der Waals surface area (Å²) in [4.78, 5) is 42.7. The first-order chi connectivity index (χ1) is 14.3. The van der Waals surface area contributed by atoms with E-state index in [2.05, 4.69) is 27.3 Å². The number of piperidine rings is 1. The summed E-state index contributed by atoms with van der Waals surface area (Å²) >= 11 is 0. The Morgan fingerprint density at radius 1 is 0.818 bits per heavy atom. The molecule has 0 aromatic carbocycles. The SMILES string of the molecule is CC(C)(C)OC(=O)OC(=O)OC(C)(C)C.O=C1CCCCN1.O=C1CNCCN1.[C-]#[O+].[CH3-].[K+]. The van der Waals surface area contributed by atoms with Gasteiger partial charge in [0.1, 0.15) is 11.2 Å². The third kappa shape index (κ3) is 31.0. The summed E-state index contributed by atoms with van der Waals surface area (Å²) < 4.78 is 21.3. The molecule has 2 fully saturated rings. The number of carbonyl (C=O) groups excluding carboxylic acids is 4. The average Bonchev–Trinajstić information content (AvgIpc) is 2.62. The number of ether oxygens (including phenoxy) is 3. The van der Waals surface area contributed by atoms with Gasteiger partial charge in [0, 0.05) is 26.1 Å². The fraction of sp³-hybridized carbons (Fsp3) is 0.714. The Hall–Kier alpha value is -0.984. The van der Waals surface area contributed by atoms with Crippen molar-refractivity contribution in [1.29, 1.82) is 0 Å². The molecule has 2 aliphatic rings. The van der Waals surface area contributed by atoms with E-state index in [-0.39, 0.29) is 70.6 Å². The molecule has 3 N–H and O–H groups in total. The Labute approximate surface area is 239 Å². The van der Waals surface area contributed by atoms with Crippen LogP contribution in [0.5, 0.6) is 0 Å². The van der Waals surface area contributed by atoms with Crippen LogP contribution in [0.25, 0.3) is 0 Å². The second-order valence-electron chi connectivity index (χ2n) is 8.36. The first kappa shape index (κ1) is 39.2. The Balaban J connectivity index is -0.000000196. The van der Waals surface area contributed by atoms with Crippen molar-refractivity contribution in [2.24, 2.45) is 0 Å². The first-order valence-electron chi connectivity index (χ1n) is 9.87. The number of hydrogen-bond donors (Lipinski definition) is 3. The van der Waals surface area contributed by atoms with Gasteiger partial charge in [-0.25, -0.2) is 9.59 Å². The van der Waals surface area contributed by atoms with Crippen LogP contribution in [0.15, 0.2) is 0 Å². The van der Waals surface area contributed by atoms with Gasteiger partial charge in [0.05, 0.1) is 6.54 Å². The summed E-state index contributed by atoms with van der Waals surface area (Å²) in [5.41, 5.74) is -1.39. The Morgan fingerprint density at radius 3 is 1.48 bits per heavy atom. The van der Waals surface area contributed by atoms with Crippen molar-refractivity contribution in [3.8, 4) is 0 Å². The number of rotatable bonds is 0. The number of piperazine rings is 1. The van der Waals surface area contributed by atoms with Crippen LogP contribution < -0.4 is 67.3 Å². The number of nitrogens with one attached hydrogen (secondary N) is 3.